The minimum Gasteiger partial charge on any atom is -0.507 e. The maximum absolute atomic E-state index is 12.5. The van der Waals surface area contributed by atoms with Crippen LogP contribution in [0, 0.1) is 0 Å². The number of carbonyl (C=O) groups excluding carboxylic acids is 1. The number of nitrogens with zero attached hydrogens (tertiary/aromatic N) is 2. The molecule has 0 atom stereocenters. The van der Waals surface area contributed by atoms with Crippen LogP contribution >= 0.6 is 0 Å². The predicted molar refractivity (Wildman–Crippen MR) is 122 cm³/mol. The van der Waals surface area contributed by atoms with E-state index >= 15 is 0 Å². The number of phenolic OH excluding ortho intramolecular Hbond substituents is 1. The molecule has 0 saturated heterocycles. The molecule has 8 nitrogen and oxygen atoms in total. The molecule has 3 aromatic carbocycles. The molecule has 4 rings (SSSR count). The van der Waals surface area contributed by atoms with Gasteiger partial charge in [0, 0.05) is 11.1 Å². The highest BCUT2D eigenvalue weighted by atomic mass is 16.5. The molecule has 0 bridgehead atoms. The van der Waals surface area contributed by atoms with E-state index in [1.54, 1.807) is 31.4 Å². The first-order valence-electron chi connectivity index (χ1n) is 10.0. The fraction of sp³-hybridized carbons (Fsp3) is 0.125. The predicted octanol–water partition coefficient (Wildman–Crippen LogP) is 4.11. The second-order valence-corrected chi connectivity index (χ2v) is 6.88. The van der Waals surface area contributed by atoms with Crippen LogP contribution in [0.15, 0.2) is 65.8 Å². The molecule has 1 aromatic heterocycles. The Bertz CT molecular complexity index is 1300. The molecule has 0 spiro atoms. The first-order valence-corrected chi connectivity index (χ1v) is 10.0. The summed E-state index contributed by atoms with van der Waals surface area (Å²) in [4.78, 5) is 12.5. The number of ether oxygens (including phenoxy) is 2. The number of H-pyrrole nitrogens is 1. The Morgan fingerprint density at radius 2 is 2.00 bits per heavy atom. The Labute approximate surface area is 184 Å². The normalized spacial score (nSPS) is 11.1. The minimum atomic E-state index is -0.461. The van der Waals surface area contributed by atoms with Crippen LogP contribution in [0.1, 0.15) is 23.0 Å². The summed E-state index contributed by atoms with van der Waals surface area (Å²) in [5, 5.41) is 22.9. The number of aromatic nitrogens is 2. The number of phenols is 1. The van der Waals surface area contributed by atoms with Crippen molar-refractivity contribution in [1.82, 2.24) is 15.6 Å². The number of hydrogen-bond acceptors (Lipinski definition) is 6. The molecule has 1 amide bonds. The van der Waals surface area contributed by atoms with Crippen molar-refractivity contribution < 1.29 is 19.4 Å². The number of aromatic hydroxyl groups is 1. The zero-order valence-corrected chi connectivity index (χ0v) is 17.6. The van der Waals surface area contributed by atoms with E-state index in [0.29, 0.717) is 29.4 Å². The lowest BCUT2D eigenvalue weighted by atomic mass is 10.0. The minimum absolute atomic E-state index is 0.0787. The fourth-order valence-corrected chi connectivity index (χ4v) is 3.32. The van der Waals surface area contributed by atoms with E-state index in [9.17, 15) is 9.90 Å². The number of carbonyl (C=O) groups is 1. The number of fused-ring (bicyclic) bond motifs is 1. The number of aromatic amines is 1. The molecule has 4 aromatic rings. The van der Waals surface area contributed by atoms with Gasteiger partial charge >= 0.3 is 0 Å². The number of nitrogens with one attached hydrogen (secondary N) is 2. The van der Waals surface area contributed by atoms with Crippen LogP contribution in [0.25, 0.3) is 22.0 Å². The number of methoxy groups -OCH3 is 1. The number of hydrogen-bond donors (Lipinski definition) is 3. The van der Waals surface area contributed by atoms with Crippen LogP contribution in [-0.4, -0.2) is 41.1 Å². The Morgan fingerprint density at radius 3 is 2.81 bits per heavy atom. The van der Waals surface area contributed by atoms with Crippen LogP contribution in [0.2, 0.25) is 0 Å². The number of hydrazone groups is 1. The number of rotatable bonds is 7. The zero-order valence-electron chi connectivity index (χ0n) is 17.6. The summed E-state index contributed by atoms with van der Waals surface area (Å²) in [6.45, 7) is 2.43. The van der Waals surface area contributed by atoms with Crippen LogP contribution < -0.4 is 14.9 Å². The van der Waals surface area contributed by atoms with Crippen LogP contribution in [-0.2, 0) is 0 Å². The molecule has 0 saturated carbocycles. The molecule has 0 unspecified atom stereocenters. The number of benzene rings is 3. The van der Waals surface area contributed by atoms with Crippen molar-refractivity contribution >= 4 is 22.9 Å². The standard InChI is InChI=1S/C24H22N4O4/c1-3-32-22-11-9-16(12-23(22)31-2)19-13-20(27-26-19)24(30)28-25-14-18-17-7-5-4-6-15(17)8-10-21(18)29/h4-14,29H,3H2,1-2H3,(H,26,27)(H,28,30)/b25-14+. The number of amides is 1. The van der Waals surface area contributed by atoms with Crippen molar-refractivity contribution in [1.29, 1.82) is 0 Å². The summed E-state index contributed by atoms with van der Waals surface area (Å²) >= 11 is 0. The van der Waals surface area contributed by atoms with E-state index in [0.717, 1.165) is 16.3 Å². The first-order chi connectivity index (χ1) is 15.6. The zero-order chi connectivity index (χ0) is 22.5. The Balaban J connectivity index is 1.50. The summed E-state index contributed by atoms with van der Waals surface area (Å²) in [5.41, 5.74) is 4.57. The third-order valence-corrected chi connectivity index (χ3v) is 4.89. The SMILES string of the molecule is CCOc1ccc(-c2cc(C(=O)N/N=C/c3c(O)ccc4ccccc34)[nH]n2)cc1OC. The maximum Gasteiger partial charge on any atom is 0.289 e. The molecular formula is C24H22N4O4. The van der Waals surface area contributed by atoms with Crippen molar-refractivity contribution in [2.75, 3.05) is 13.7 Å². The molecule has 3 N–H and O–H groups in total. The maximum atomic E-state index is 12.5. The topological polar surface area (TPSA) is 109 Å². The van der Waals surface area contributed by atoms with Crippen LogP contribution in [0.4, 0.5) is 0 Å². The van der Waals surface area contributed by atoms with Gasteiger partial charge in [-0.25, -0.2) is 5.43 Å². The highest BCUT2D eigenvalue weighted by molar-refractivity contribution is 6.03. The molecule has 0 radical (unpaired) electrons. The smallest absolute Gasteiger partial charge is 0.289 e. The van der Waals surface area contributed by atoms with E-state index < -0.39 is 5.91 Å². The van der Waals surface area contributed by atoms with Crippen molar-refractivity contribution in [2.24, 2.45) is 5.10 Å². The lowest BCUT2D eigenvalue weighted by molar-refractivity contribution is 0.0950. The summed E-state index contributed by atoms with van der Waals surface area (Å²) in [6.07, 6.45) is 1.42. The fourth-order valence-electron chi connectivity index (χ4n) is 3.32. The molecule has 0 fully saturated rings. The third-order valence-electron chi connectivity index (χ3n) is 4.89. The summed E-state index contributed by atoms with van der Waals surface area (Å²) < 4.78 is 10.9. The van der Waals surface area contributed by atoms with Crippen LogP contribution in [0.3, 0.4) is 0 Å². The Hall–Kier alpha value is -4.33. The average Bonchev–Trinajstić information content (AvgIpc) is 3.31. The first kappa shape index (κ1) is 20.9. The van der Waals surface area contributed by atoms with Gasteiger partial charge in [0.15, 0.2) is 11.5 Å². The van der Waals surface area contributed by atoms with Crippen molar-refractivity contribution in [2.45, 2.75) is 6.92 Å². The van der Waals surface area contributed by atoms with E-state index in [1.807, 2.05) is 43.3 Å². The molecular weight excluding hydrogens is 408 g/mol. The average molecular weight is 430 g/mol. The molecule has 0 aliphatic heterocycles. The van der Waals surface area contributed by atoms with Gasteiger partial charge < -0.3 is 14.6 Å². The third kappa shape index (κ3) is 4.24. The van der Waals surface area contributed by atoms with Gasteiger partial charge in [0.1, 0.15) is 11.4 Å². The van der Waals surface area contributed by atoms with Gasteiger partial charge in [0.05, 0.1) is 25.6 Å². The summed E-state index contributed by atoms with van der Waals surface area (Å²) in [5.74, 6) is 0.837. The monoisotopic (exact) mass is 430 g/mol. The van der Waals surface area contributed by atoms with E-state index in [4.69, 9.17) is 9.47 Å². The van der Waals surface area contributed by atoms with Gasteiger partial charge in [0.2, 0.25) is 0 Å². The van der Waals surface area contributed by atoms with Crippen LogP contribution in [0.5, 0.6) is 17.2 Å². The van der Waals surface area contributed by atoms with Gasteiger partial charge in [-0.2, -0.15) is 10.2 Å². The van der Waals surface area contributed by atoms with Crippen molar-refractivity contribution in [3.05, 3.63) is 71.9 Å². The lowest BCUT2D eigenvalue weighted by Gasteiger charge is -2.09. The van der Waals surface area contributed by atoms with Crippen molar-refractivity contribution in [3.8, 4) is 28.5 Å². The highest BCUT2D eigenvalue weighted by Gasteiger charge is 2.13. The van der Waals surface area contributed by atoms with Gasteiger partial charge in [-0.1, -0.05) is 30.3 Å². The van der Waals surface area contributed by atoms with Gasteiger partial charge in [-0.3, -0.25) is 9.89 Å². The largest absolute Gasteiger partial charge is 0.507 e. The van der Waals surface area contributed by atoms with Gasteiger partial charge in [-0.15, -0.1) is 0 Å². The van der Waals surface area contributed by atoms with E-state index in [2.05, 4.69) is 20.7 Å². The van der Waals surface area contributed by atoms with Gasteiger partial charge in [0.25, 0.3) is 5.91 Å². The van der Waals surface area contributed by atoms with Gasteiger partial charge in [-0.05, 0) is 48.0 Å². The second-order valence-electron chi connectivity index (χ2n) is 6.88. The Kier molecular flexibility index (Phi) is 6.03. The van der Waals surface area contributed by atoms with Crippen molar-refractivity contribution in [3.63, 3.8) is 0 Å². The quantitative estimate of drug-likeness (QED) is 0.302. The van der Waals surface area contributed by atoms with E-state index in [1.165, 1.54) is 6.21 Å². The van der Waals surface area contributed by atoms with E-state index in [-0.39, 0.29) is 11.4 Å². The summed E-state index contributed by atoms with van der Waals surface area (Å²) in [6, 6.07) is 18.1. The lowest BCUT2D eigenvalue weighted by Crippen LogP contribution is -2.18. The highest BCUT2D eigenvalue weighted by Crippen LogP contribution is 2.32. The molecule has 162 valence electrons. The molecule has 0 aliphatic rings. The Morgan fingerprint density at radius 1 is 1.16 bits per heavy atom. The molecule has 1 heterocycles. The second kappa shape index (κ2) is 9.22. The summed E-state index contributed by atoms with van der Waals surface area (Å²) in [7, 11) is 1.57. The molecule has 32 heavy (non-hydrogen) atoms. The molecule has 8 heteroatoms. The molecule has 0 aliphatic carbocycles.